The maximum absolute atomic E-state index is 12.4. The average Bonchev–Trinajstić information content (AvgIpc) is 2.56. The first-order valence-corrected chi connectivity index (χ1v) is 9.60. The lowest BCUT2D eigenvalue weighted by Crippen LogP contribution is -2.28. The van der Waals surface area contributed by atoms with E-state index in [1.54, 1.807) is 7.11 Å². The van der Waals surface area contributed by atoms with Crippen LogP contribution in [0.3, 0.4) is 0 Å². The predicted octanol–water partition coefficient (Wildman–Crippen LogP) is 4.57. The van der Waals surface area contributed by atoms with Gasteiger partial charge in [0, 0.05) is 11.0 Å². The Labute approximate surface area is 173 Å². The maximum atomic E-state index is 12.4. The van der Waals surface area contributed by atoms with E-state index in [2.05, 4.69) is 51.7 Å². The van der Waals surface area contributed by atoms with Crippen molar-refractivity contribution in [2.45, 2.75) is 40.5 Å². The van der Waals surface area contributed by atoms with Gasteiger partial charge in [-0.25, -0.2) is 4.98 Å². The Morgan fingerprint density at radius 1 is 1.22 bits per heavy atom. The normalized spacial score (nSPS) is 11.4. The Morgan fingerprint density at radius 2 is 1.89 bits per heavy atom. The van der Waals surface area contributed by atoms with Crippen LogP contribution < -0.4 is 20.5 Å². The first-order chi connectivity index (χ1) is 12.5. The van der Waals surface area contributed by atoms with Crippen molar-refractivity contribution in [1.29, 1.82) is 0 Å². The summed E-state index contributed by atoms with van der Waals surface area (Å²) in [6.07, 6.45) is 1.46. The molecular weight excluding hydrogens is 459 g/mol. The van der Waals surface area contributed by atoms with Crippen molar-refractivity contribution in [1.82, 2.24) is 9.97 Å². The highest BCUT2D eigenvalue weighted by Crippen LogP contribution is 2.38. The molecule has 8 heteroatoms. The molecule has 0 radical (unpaired) electrons. The highest BCUT2D eigenvalue weighted by Gasteiger charge is 2.24. The zero-order valence-electron chi connectivity index (χ0n) is 16.4. The lowest BCUT2D eigenvalue weighted by Gasteiger charge is -2.20. The van der Waals surface area contributed by atoms with Gasteiger partial charge in [0.25, 0.3) is 0 Å². The Morgan fingerprint density at radius 3 is 2.44 bits per heavy atom. The number of amides is 1. The molecule has 0 bridgehead atoms. The lowest BCUT2D eigenvalue weighted by molar-refractivity contribution is -0.123. The van der Waals surface area contributed by atoms with Gasteiger partial charge in [0.1, 0.15) is 11.5 Å². The van der Waals surface area contributed by atoms with Crippen LogP contribution in [0.5, 0.6) is 17.2 Å². The molecule has 1 amide bonds. The number of carbonyl (C=O) groups excluding carboxylic acids is 1. The van der Waals surface area contributed by atoms with Crippen LogP contribution in [-0.4, -0.2) is 23.0 Å². The van der Waals surface area contributed by atoms with Crippen molar-refractivity contribution >= 4 is 40.3 Å². The zero-order chi connectivity index (χ0) is 20.4. The van der Waals surface area contributed by atoms with Crippen molar-refractivity contribution < 1.29 is 14.3 Å². The molecule has 2 aromatic rings. The molecular formula is C19H25IN4O3. The fraction of sp³-hybridized carbons (Fsp3) is 0.421. The number of rotatable bonds is 5. The first-order valence-electron chi connectivity index (χ1n) is 8.52. The van der Waals surface area contributed by atoms with Gasteiger partial charge in [-0.05, 0) is 40.6 Å². The summed E-state index contributed by atoms with van der Waals surface area (Å²) in [5.74, 6) is 2.05. The van der Waals surface area contributed by atoms with E-state index < -0.39 is 5.41 Å². The molecule has 0 saturated heterocycles. The molecule has 0 atom stereocenters. The fourth-order valence-electron chi connectivity index (χ4n) is 2.21. The summed E-state index contributed by atoms with van der Waals surface area (Å²) >= 11 is 2.19. The standard InChI is InChI=1S/C19H25IN4O3/c1-10(2)11-7-14(26-6)12(20)8-13(11)27-15-9-22-18(21)24-16(15)23-17(25)19(3,4)5/h7-10H,1-6H3,(H3,21,22,23,24,25). The van der Waals surface area contributed by atoms with Gasteiger partial charge in [0.15, 0.2) is 11.6 Å². The molecule has 27 heavy (non-hydrogen) atoms. The van der Waals surface area contributed by atoms with E-state index in [9.17, 15) is 4.79 Å². The van der Waals surface area contributed by atoms with Gasteiger partial charge in [0.05, 0.1) is 16.9 Å². The number of anilines is 2. The van der Waals surface area contributed by atoms with Gasteiger partial charge in [0.2, 0.25) is 11.9 Å². The van der Waals surface area contributed by atoms with Crippen LogP contribution in [0.1, 0.15) is 46.1 Å². The number of halogens is 1. The number of benzene rings is 1. The molecule has 146 valence electrons. The lowest BCUT2D eigenvalue weighted by atomic mass is 9.96. The van der Waals surface area contributed by atoms with E-state index in [1.807, 2.05) is 32.9 Å². The van der Waals surface area contributed by atoms with Crippen LogP contribution in [0.15, 0.2) is 18.3 Å². The third-order valence-electron chi connectivity index (χ3n) is 3.81. The van der Waals surface area contributed by atoms with Crippen molar-refractivity contribution in [2.75, 3.05) is 18.2 Å². The molecule has 1 heterocycles. The highest BCUT2D eigenvalue weighted by atomic mass is 127. The highest BCUT2D eigenvalue weighted by molar-refractivity contribution is 14.1. The number of nitrogens with one attached hydrogen (secondary N) is 1. The van der Waals surface area contributed by atoms with E-state index in [-0.39, 0.29) is 23.6 Å². The Kier molecular flexibility index (Phi) is 6.50. The van der Waals surface area contributed by atoms with Crippen molar-refractivity contribution in [3.63, 3.8) is 0 Å². The molecule has 0 aliphatic carbocycles. The molecule has 7 nitrogen and oxygen atoms in total. The Balaban J connectivity index is 2.46. The second-order valence-corrected chi connectivity index (χ2v) is 8.59. The summed E-state index contributed by atoms with van der Waals surface area (Å²) in [7, 11) is 1.63. The van der Waals surface area contributed by atoms with E-state index in [4.69, 9.17) is 15.2 Å². The molecule has 0 aliphatic rings. The summed E-state index contributed by atoms with van der Waals surface area (Å²) in [5, 5.41) is 2.78. The third-order valence-corrected chi connectivity index (χ3v) is 4.66. The summed E-state index contributed by atoms with van der Waals surface area (Å²) < 4.78 is 12.4. The van der Waals surface area contributed by atoms with Crippen LogP contribution >= 0.6 is 22.6 Å². The predicted molar refractivity (Wildman–Crippen MR) is 114 cm³/mol. The minimum Gasteiger partial charge on any atom is -0.496 e. The molecule has 1 aromatic carbocycles. The fourth-order valence-corrected chi connectivity index (χ4v) is 2.87. The summed E-state index contributed by atoms with van der Waals surface area (Å²) in [6.45, 7) is 9.58. The second-order valence-electron chi connectivity index (χ2n) is 7.43. The zero-order valence-corrected chi connectivity index (χ0v) is 18.5. The van der Waals surface area contributed by atoms with Gasteiger partial charge in [-0.15, -0.1) is 0 Å². The monoisotopic (exact) mass is 484 g/mol. The van der Waals surface area contributed by atoms with Crippen LogP contribution in [0, 0.1) is 8.99 Å². The molecule has 3 N–H and O–H groups in total. The third kappa shape index (κ3) is 5.21. The van der Waals surface area contributed by atoms with Gasteiger partial charge in [-0.2, -0.15) is 4.98 Å². The quantitative estimate of drug-likeness (QED) is 0.604. The van der Waals surface area contributed by atoms with Crippen LogP contribution in [0.4, 0.5) is 11.8 Å². The summed E-state index contributed by atoms with van der Waals surface area (Å²) in [6, 6.07) is 3.84. The van der Waals surface area contributed by atoms with E-state index in [0.29, 0.717) is 11.5 Å². The van der Waals surface area contributed by atoms with Gasteiger partial charge in [-0.3, -0.25) is 4.79 Å². The maximum Gasteiger partial charge on any atom is 0.231 e. The Bertz CT molecular complexity index is 848. The Hall–Kier alpha value is -2.10. The van der Waals surface area contributed by atoms with E-state index in [1.165, 1.54) is 6.20 Å². The van der Waals surface area contributed by atoms with Gasteiger partial charge >= 0.3 is 0 Å². The number of hydrogen-bond donors (Lipinski definition) is 2. The number of ether oxygens (including phenoxy) is 2. The van der Waals surface area contributed by atoms with Crippen molar-refractivity contribution in [3.05, 3.63) is 27.5 Å². The van der Waals surface area contributed by atoms with Crippen LogP contribution in [0.25, 0.3) is 0 Å². The van der Waals surface area contributed by atoms with E-state index in [0.717, 1.165) is 14.9 Å². The van der Waals surface area contributed by atoms with Crippen molar-refractivity contribution in [3.8, 4) is 17.2 Å². The average molecular weight is 484 g/mol. The number of hydrogen-bond acceptors (Lipinski definition) is 6. The number of methoxy groups -OCH3 is 1. The molecule has 2 rings (SSSR count). The molecule has 1 aromatic heterocycles. The largest absolute Gasteiger partial charge is 0.496 e. The minimum atomic E-state index is -0.588. The number of nitrogens with two attached hydrogens (primary N) is 1. The molecule has 0 fully saturated rings. The van der Waals surface area contributed by atoms with Crippen LogP contribution in [-0.2, 0) is 4.79 Å². The first kappa shape index (κ1) is 21.2. The summed E-state index contributed by atoms with van der Waals surface area (Å²) in [5.41, 5.74) is 6.08. The van der Waals surface area contributed by atoms with Crippen LogP contribution in [0.2, 0.25) is 0 Å². The number of nitrogen functional groups attached to an aromatic ring is 1. The molecule has 0 saturated carbocycles. The number of aromatic nitrogens is 2. The topological polar surface area (TPSA) is 99.4 Å². The summed E-state index contributed by atoms with van der Waals surface area (Å²) in [4.78, 5) is 20.5. The number of carbonyl (C=O) groups is 1. The number of nitrogens with zero attached hydrogens (tertiary/aromatic N) is 2. The molecule has 0 unspecified atom stereocenters. The van der Waals surface area contributed by atoms with Crippen molar-refractivity contribution in [2.24, 2.45) is 5.41 Å². The minimum absolute atomic E-state index is 0.0555. The van der Waals surface area contributed by atoms with E-state index >= 15 is 0 Å². The van der Waals surface area contributed by atoms with Gasteiger partial charge < -0.3 is 20.5 Å². The smallest absolute Gasteiger partial charge is 0.231 e. The van der Waals surface area contributed by atoms with Gasteiger partial charge in [-0.1, -0.05) is 34.6 Å². The molecule has 0 spiro atoms. The second kappa shape index (κ2) is 8.28. The SMILES string of the molecule is COc1cc(C(C)C)c(Oc2cnc(N)nc2NC(=O)C(C)(C)C)cc1I. The molecule has 0 aliphatic heterocycles.